The number of piperidine rings is 1. The molecular formula is C13H23N5O. The van der Waals surface area contributed by atoms with Crippen molar-refractivity contribution in [3.63, 3.8) is 0 Å². The van der Waals surface area contributed by atoms with E-state index in [1.54, 1.807) is 0 Å². The van der Waals surface area contributed by atoms with E-state index < -0.39 is 0 Å². The number of piperazine rings is 1. The summed E-state index contributed by atoms with van der Waals surface area (Å²) in [6, 6.07) is 0.248. The molecule has 6 heteroatoms. The third-order valence-corrected chi connectivity index (χ3v) is 4.33. The SMILES string of the molecule is CN1CCC(c2nc(C3CNCCN3C)no2)CC1. The lowest BCUT2D eigenvalue weighted by Gasteiger charge is -2.30. The lowest BCUT2D eigenvalue weighted by Crippen LogP contribution is -2.44. The Labute approximate surface area is 114 Å². The summed E-state index contributed by atoms with van der Waals surface area (Å²) in [6.07, 6.45) is 2.24. The van der Waals surface area contributed by atoms with Gasteiger partial charge in [-0.25, -0.2) is 0 Å². The number of likely N-dealkylation sites (N-methyl/N-ethyl adjacent to an activating group) is 1. The van der Waals surface area contributed by atoms with Gasteiger partial charge in [0, 0.05) is 25.6 Å². The molecule has 1 unspecified atom stereocenters. The first-order valence-corrected chi connectivity index (χ1v) is 7.17. The predicted octanol–water partition coefficient (Wildman–Crippen LogP) is 0.455. The standard InChI is InChI=1S/C13H23N5O/c1-17-6-3-10(4-7-17)13-15-12(16-19-13)11-9-14-5-8-18(11)2/h10-11,14H,3-9H2,1-2H3. The molecule has 1 aromatic heterocycles. The van der Waals surface area contributed by atoms with Gasteiger partial charge >= 0.3 is 0 Å². The highest BCUT2D eigenvalue weighted by Crippen LogP contribution is 2.27. The molecule has 2 saturated heterocycles. The van der Waals surface area contributed by atoms with E-state index in [0.717, 1.165) is 57.3 Å². The van der Waals surface area contributed by atoms with Crippen molar-refractivity contribution < 1.29 is 4.52 Å². The second-order valence-electron chi connectivity index (χ2n) is 5.77. The maximum Gasteiger partial charge on any atom is 0.229 e. The van der Waals surface area contributed by atoms with Gasteiger partial charge in [0.05, 0.1) is 6.04 Å². The number of aromatic nitrogens is 2. The van der Waals surface area contributed by atoms with Crippen molar-refractivity contribution in [3.05, 3.63) is 11.7 Å². The van der Waals surface area contributed by atoms with Crippen LogP contribution in [0.15, 0.2) is 4.52 Å². The summed E-state index contributed by atoms with van der Waals surface area (Å²) >= 11 is 0. The molecule has 1 atom stereocenters. The van der Waals surface area contributed by atoms with Gasteiger partial charge < -0.3 is 14.7 Å². The highest BCUT2D eigenvalue weighted by Gasteiger charge is 2.28. The van der Waals surface area contributed by atoms with Crippen LogP contribution in [-0.4, -0.2) is 66.8 Å². The fraction of sp³-hybridized carbons (Fsp3) is 0.846. The largest absolute Gasteiger partial charge is 0.339 e. The van der Waals surface area contributed by atoms with Crippen molar-refractivity contribution in [2.75, 3.05) is 46.8 Å². The number of hydrogen-bond acceptors (Lipinski definition) is 6. The normalized spacial score (nSPS) is 27.8. The van der Waals surface area contributed by atoms with E-state index in [1.165, 1.54) is 0 Å². The molecule has 2 aliphatic heterocycles. The van der Waals surface area contributed by atoms with Crippen LogP contribution in [0.25, 0.3) is 0 Å². The third-order valence-electron chi connectivity index (χ3n) is 4.33. The summed E-state index contributed by atoms with van der Waals surface area (Å²) in [7, 11) is 4.29. The van der Waals surface area contributed by atoms with Crippen LogP contribution in [0.4, 0.5) is 0 Å². The van der Waals surface area contributed by atoms with Crippen LogP contribution in [0, 0.1) is 0 Å². The van der Waals surface area contributed by atoms with Crippen LogP contribution in [0.2, 0.25) is 0 Å². The van der Waals surface area contributed by atoms with Crippen molar-refractivity contribution in [2.24, 2.45) is 0 Å². The van der Waals surface area contributed by atoms with Crippen molar-refractivity contribution in [1.82, 2.24) is 25.3 Å². The minimum absolute atomic E-state index is 0.248. The molecule has 0 radical (unpaired) electrons. The first kappa shape index (κ1) is 13.0. The molecule has 0 saturated carbocycles. The van der Waals surface area contributed by atoms with Gasteiger partial charge in [-0.1, -0.05) is 5.16 Å². The van der Waals surface area contributed by atoms with Crippen LogP contribution < -0.4 is 5.32 Å². The molecule has 0 spiro atoms. The molecule has 0 aliphatic carbocycles. The molecule has 1 N–H and O–H groups in total. The molecule has 1 aromatic rings. The lowest BCUT2D eigenvalue weighted by molar-refractivity contribution is 0.189. The Balaban J connectivity index is 1.68. The maximum atomic E-state index is 5.51. The summed E-state index contributed by atoms with van der Waals surface area (Å²) in [5.41, 5.74) is 0. The molecule has 106 valence electrons. The summed E-state index contributed by atoms with van der Waals surface area (Å²) in [4.78, 5) is 9.30. The number of likely N-dealkylation sites (tertiary alicyclic amines) is 1. The Hall–Kier alpha value is -0.980. The average Bonchev–Trinajstić information content (AvgIpc) is 2.89. The summed E-state index contributed by atoms with van der Waals surface area (Å²) in [5.74, 6) is 2.12. The van der Waals surface area contributed by atoms with Gasteiger partial charge in [-0.3, -0.25) is 4.90 Å². The monoisotopic (exact) mass is 265 g/mol. The van der Waals surface area contributed by atoms with Gasteiger partial charge in [-0.2, -0.15) is 4.98 Å². The topological polar surface area (TPSA) is 57.4 Å². The highest BCUT2D eigenvalue weighted by atomic mass is 16.5. The van der Waals surface area contributed by atoms with Gasteiger partial charge in [0.2, 0.25) is 5.89 Å². The zero-order valence-corrected chi connectivity index (χ0v) is 11.8. The van der Waals surface area contributed by atoms with Crippen molar-refractivity contribution in [3.8, 4) is 0 Å². The van der Waals surface area contributed by atoms with Gasteiger partial charge in [0.25, 0.3) is 0 Å². The quantitative estimate of drug-likeness (QED) is 0.838. The molecule has 0 amide bonds. The first-order chi connectivity index (χ1) is 9.24. The maximum absolute atomic E-state index is 5.51. The first-order valence-electron chi connectivity index (χ1n) is 7.17. The summed E-state index contributed by atoms with van der Waals surface area (Å²) in [5, 5.41) is 7.59. The second-order valence-corrected chi connectivity index (χ2v) is 5.77. The molecule has 2 fully saturated rings. The van der Waals surface area contributed by atoms with Gasteiger partial charge in [0.15, 0.2) is 5.82 Å². The fourth-order valence-electron chi connectivity index (χ4n) is 2.90. The van der Waals surface area contributed by atoms with Crippen LogP contribution in [0.3, 0.4) is 0 Å². The Morgan fingerprint density at radius 2 is 2.00 bits per heavy atom. The van der Waals surface area contributed by atoms with E-state index in [4.69, 9.17) is 4.52 Å². The smallest absolute Gasteiger partial charge is 0.229 e. The van der Waals surface area contributed by atoms with E-state index >= 15 is 0 Å². The van der Waals surface area contributed by atoms with E-state index in [1.807, 2.05) is 0 Å². The fourth-order valence-corrected chi connectivity index (χ4v) is 2.90. The van der Waals surface area contributed by atoms with Crippen molar-refractivity contribution in [2.45, 2.75) is 24.8 Å². The Morgan fingerprint density at radius 3 is 2.74 bits per heavy atom. The number of hydrogen-bond donors (Lipinski definition) is 1. The summed E-state index contributed by atoms with van der Waals surface area (Å²) in [6.45, 7) is 5.21. The molecular weight excluding hydrogens is 242 g/mol. The minimum Gasteiger partial charge on any atom is -0.339 e. The van der Waals surface area contributed by atoms with E-state index in [2.05, 4.69) is 39.4 Å². The zero-order chi connectivity index (χ0) is 13.2. The molecule has 0 aromatic carbocycles. The van der Waals surface area contributed by atoms with Crippen molar-refractivity contribution in [1.29, 1.82) is 0 Å². The number of nitrogens with zero attached hydrogens (tertiary/aromatic N) is 4. The number of nitrogens with one attached hydrogen (secondary N) is 1. The van der Waals surface area contributed by atoms with Crippen molar-refractivity contribution >= 4 is 0 Å². The molecule has 3 heterocycles. The Kier molecular flexibility index (Phi) is 3.81. The van der Waals surface area contributed by atoms with Gasteiger partial charge in [0.1, 0.15) is 0 Å². The molecule has 3 rings (SSSR count). The molecule has 0 bridgehead atoms. The Bertz CT molecular complexity index is 413. The molecule has 19 heavy (non-hydrogen) atoms. The van der Waals surface area contributed by atoms with Crippen LogP contribution >= 0.6 is 0 Å². The van der Waals surface area contributed by atoms with Gasteiger partial charge in [-0.05, 0) is 40.0 Å². The van der Waals surface area contributed by atoms with Crippen LogP contribution in [0.1, 0.15) is 36.5 Å². The molecule has 6 nitrogen and oxygen atoms in total. The van der Waals surface area contributed by atoms with Crippen LogP contribution in [0.5, 0.6) is 0 Å². The minimum atomic E-state index is 0.248. The molecule has 2 aliphatic rings. The second kappa shape index (κ2) is 5.56. The zero-order valence-electron chi connectivity index (χ0n) is 11.8. The number of rotatable bonds is 2. The van der Waals surface area contributed by atoms with E-state index in [-0.39, 0.29) is 6.04 Å². The van der Waals surface area contributed by atoms with E-state index in [0.29, 0.717) is 5.92 Å². The summed E-state index contributed by atoms with van der Waals surface area (Å²) < 4.78 is 5.51. The van der Waals surface area contributed by atoms with Gasteiger partial charge in [-0.15, -0.1) is 0 Å². The lowest BCUT2D eigenvalue weighted by atomic mass is 9.97. The average molecular weight is 265 g/mol. The van der Waals surface area contributed by atoms with Crippen LogP contribution in [-0.2, 0) is 0 Å². The predicted molar refractivity (Wildman–Crippen MR) is 72.0 cm³/mol. The highest BCUT2D eigenvalue weighted by molar-refractivity contribution is 5.01. The van der Waals surface area contributed by atoms with E-state index in [9.17, 15) is 0 Å². The third kappa shape index (κ3) is 2.80. The Morgan fingerprint density at radius 1 is 1.21 bits per heavy atom.